The molecule has 0 bridgehead atoms. The van der Waals surface area contributed by atoms with Crippen molar-refractivity contribution in [1.82, 2.24) is 0 Å². The molecule has 0 N–H and O–H groups in total. The van der Waals surface area contributed by atoms with Crippen LogP contribution in [0.3, 0.4) is 0 Å². The van der Waals surface area contributed by atoms with Gasteiger partial charge in [0.05, 0.1) is 17.6 Å². The SMILES string of the molecule is COc1cc(F)cc(F)c1/C=C/[N+](=O)[O-]. The Labute approximate surface area is 83.9 Å². The van der Waals surface area contributed by atoms with E-state index >= 15 is 0 Å². The lowest BCUT2D eigenvalue weighted by atomic mass is 10.2. The number of ether oxygens (including phenoxy) is 1. The van der Waals surface area contributed by atoms with Crippen LogP contribution < -0.4 is 4.74 Å². The summed E-state index contributed by atoms with van der Waals surface area (Å²) in [4.78, 5) is 9.28. The predicted octanol–water partition coefficient (Wildman–Crippen LogP) is 2.22. The van der Waals surface area contributed by atoms with Crippen molar-refractivity contribution in [2.75, 3.05) is 7.11 Å². The molecule has 0 amide bonds. The molecule has 0 saturated heterocycles. The van der Waals surface area contributed by atoms with E-state index < -0.39 is 16.6 Å². The molecule has 6 heteroatoms. The summed E-state index contributed by atoms with van der Waals surface area (Å²) in [6, 6.07) is 1.57. The second kappa shape index (κ2) is 4.50. The fourth-order valence-electron chi connectivity index (χ4n) is 1.03. The molecule has 0 spiro atoms. The zero-order chi connectivity index (χ0) is 11.4. The predicted molar refractivity (Wildman–Crippen MR) is 48.9 cm³/mol. The Morgan fingerprint density at radius 2 is 2.13 bits per heavy atom. The van der Waals surface area contributed by atoms with Crippen molar-refractivity contribution in [2.45, 2.75) is 0 Å². The minimum absolute atomic E-state index is 0.0920. The molecule has 1 aromatic rings. The van der Waals surface area contributed by atoms with Crippen LogP contribution >= 0.6 is 0 Å². The Bertz CT molecular complexity index is 418. The molecule has 0 unspecified atom stereocenters. The van der Waals surface area contributed by atoms with Crippen molar-refractivity contribution in [3.63, 3.8) is 0 Å². The van der Waals surface area contributed by atoms with Crippen LogP contribution in [0.25, 0.3) is 6.08 Å². The molecule has 0 aliphatic carbocycles. The van der Waals surface area contributed by atoms with E-state index in [1.54, 1.807) is 0 Å². The molecular weight excluding hydrogens is 208 g/mol. The van der Waals surface area contributed by atoms with Gasteiger partial charge in [-0.05, 0) is 0 Å². The lowest BCUT2D eigenvalue weighted by Gasteiger charge is -2.04. The van der Waals surface area contributed by atoms with Crippen molar-refractivity contribution >= 4 is 6.08 Å². The number of hydrogen-bond acceptors (Lipinski definition) is 3. The third kappa shape index (κ3) is 2.73. The zero-order valence-electron chi connectivity index (χ0n) is 7.74. The Kier molecular flexibility index (Phi) is 3.33. The Hall–Kier alpha value is -1.98. The first-order chi connectivity index (χ1) is 7.04. The van der Waals surface area contributed by atoms with Crippen molar-refractivity contribution in [1.29, 1.82) is 0 Å². The highest BCUT2D eigenvalue weighted by Crippen LogP contribution is 2.24. The van der Waals surface area contributed by atoms with Crippen molar-refractivity contribution in [3.05, 3.63) is 45.6 Å². The Morgan fingerprint density at radius 1 is 1.47 bits per heavy atom. The van der Waals surface area contributed by atoms with E-state index in [1.807, 2.05) is 0 Å². The number of hydrogen-bond donors (Lipinski definition) is 0. The first-order valence-corrected chi connectivity index (χ1v) is 3.89. The minimum atomic E-state index is -0.912. The molecule has 1 aromatic carbocycles. The van der Waals surface area contributed by atoms with Crippen LogP contribution in [-0.2, 0) is 0 Å². The molecule has 80 valence electrons. The molecule has 0 radical (unpaired) electrons. The van der Waals surface area contributed by atoms with E-state index in [0.29, 0.717) is 12.3 Å². The minimum Gasteiger partial charge on any atom is -0.496 e. The third-order valence-corrected chi connectivity index (χ3v) is 1.64. The molecule has 0 aliphatic heterocycles. The quantitative estimate of drug-likeness (QED) is 0.573. The van der Waals surface area contributed by atoms with Gasteiger partial charge in [0.25, 0.3) is 0 Å². The van der Waals surface area contributed by atoms with Gasteiger partial charge in [-0.1, -0.05) is 0 Å². The topological polar surface area (TPSA) is 52.4 Å². The van der Waals surface area contributed by atoms with Gasteiger partial charge in [-0.25, -0.2) is 8.78 Å². The summed E-state index contributed by atoms with van der Waals surface area (Å²) in [5, 5.41) is 10.0. The molecule has 0 saturated carbocycles. The van der Waals surface area contributed by atoms with Gasteiger partial charge in [-0.3, -0.25) is 10.1 Å². The fourth-order valence-corrected chi connectivity index (χ4v) is 1.03. The average Bonchev–Trinajstić information content (AvgIpc) is 2.14. The number of methoxy groups -OCH3 is 1. The third-order valence-electron chi connectivity index (χ3n) is 1.64. The Balaban J connectivity index is 3.20. The molecule has 1 rings (SSSR count). The number of rotatable bonds is 3. The summed E-state index contributed by atoms with van der Waals surface area (Å²) in [7, 11) is 1.22. The van der Waals surface area contributed by atoms with Crippen LogP contribution in [0.1, 0.15) is 5.56 Å². The summed E-state index contributed by atoms with van der Waals surface area (Å²) in [6.07, 6.45) is 1.46. The van der Waals surface area contributed by atoms with Crippen LogP contribution in [0.4, 0.5) is 8.78 Å². The first-order valence-electron chi connectivity index (χ1n) is 3.89. The Morgan fingerprint density at radius 3 is 2.67 bits per heavy atom. The average molecular weight is 215 g/mol. The van der Waals surface area contributed by atoms with Gasteiger partial charge < -0.3 is 4.74 Å². The summed E-state index contributed by atoms with van der Waals surface area (Å²) >= 11 is 0. The van der Waals surface area contributed by atoms with Crippen LogP contribution in [0.15, 0.2) is 18.3 Å². The van der Waals surface area contributed by atoms with E-state index in [1.165, 1.54) is 7.11 Å². The maximum absolute atomic E-state index is 13.2. The molecule has 15 heavy (non-hydrogen) atoms. The van der Waals surface area contributed by atoms with Crippen LogP contribution in [0, 0.1) is 21.7 Å². The van der Waals surface area contributed by atoms with Gasteiger partial charge in [0, 0.05) is 18.2 Å². The highest BCUT2D eigenvalue weighted by atomic mass is 19.1. The second-order valence-corrected chi connectivity index (χ2v) is 2.60. The lowest BCUT2D eigenvalue weighted by molar-refractivity contribution is -0.401. The van der Waals surface area contributed by atoms with Crippen LogP contribution in [-0.4, -0.2) is 12.0 Å². The molecule has 4 nitrogen and oxygen atoms in total. The maximum Gasteiger partial charge on any atom is 0.235 e. The van der Waals surface area contributed by atoms with Gasteiger partial charge in [0.15, 0.2) is 0 Å². The smallest absolute Gasteiger partial charge is 0.235 e. The van der Waals surface area contributed by atoms with E-state index in [4.69, 9.17) is 0 Å². The molecule has 0 aliphatic rings. The van der Waals surface area contributed by atoms with E-state index in [0.717, 1.165) is 12.1 Å². The van der Waals surface area contributed by atoms with E-state index in [9.17, 15) is 18.9 Å². The van der Waals surface area contributed by atoms with E-state index in [2.05, 4.69) is 4.74 Å². The van der Waals surface area contributed by atoms with Crippen molar-refractivity contribution in [3.8, 4) is 5.75 Å². The number of halogens is 2. The van der Waals surface area contributed by atoms with Gasteiger partial charge in [0.1, 0.15) is 17.4 Å². The molecule has 0 aromatic heterocycles. The number of nitro groups is 1. The zero-order valence-corrected chi connectivity index (χ0v) is 7.74. The van der Waals surface area contributed by atoms with Gasteiger partial charge in [-0.15, -0.1) is 0 Å². The van der Waals surface area contributed by atoms with Gasteiger partial charge >= 0.3 is 0 Å². The highest BCUT2D eigenvalue weighted by Gasteiger charge is 2.10. The molecule has 0 fully saturated rings. The summed E-state index contributed by atoms with van der Waals surface area (Å²) in [5.74, 6) is -1.81. The monoisotopic (exact) mass is 215 g/mol. The fraction of sp³-hybridized carbons (Fsp3) is 0.111. The van der Waals surface area contributed by atoms with E-state index in [-0.39, 0.29) is 11.3 Å². The normalized spacial score (nSPS) is 10.6. The van der Waals surface area contributed by atoms with Gasteiger partial charge in [0.2, 0.25) is 6.20 Å². The van der Waals surface area contributed by atoms with Crippen molar-refractivity contribution in [2.24, 2.45) is 0 Å². The van der Waals surface area contributed by atoms with Gasteiger partial charge in [-0.2, -0.15) is 0 Å². The maximum atomic E-state index is 13.2. The first kappa shape index (κ1) is 11.1. The van der Waals surface area contributed by atoms with Crippen molar-refractivity contribution < 1.29 is 18.4 Å². The molecular formula is C9H7F2NO3. The van der Waals surface area contributed by atoms with Crippen LogP contribution in [0.5, 0.6) is 5.75 Å². The van der Waals surface area contributed by atoms with Crippen LogP contribution in [0.2, 0.25) is 0 Å². The molecule has 0 atom stereocenters. The summed E-state index contributed by atoms with van der Waals surface area (Å²) in [5.41, 5.74) is -0.157. The lowest BCUT2D eigenvalue weighted by Crippen LogP contribution is -1.93. The standard InChI is InChI=1S/C9H7F2NO3/c1-15-9-5-6(10)4-8(11)7(9)2-3-12(13)14/h2-5H,1H3/b3-2+. The summed E-state index contributed by atoms with van der Waals surface area (Å²) in [6.45, 7) is 0. The highest BCUT2D eigenvalue weighted by molar-refractivity contribution is 5.57. The molecule has 0 heterocycles. The number of benzene rings is 1. The second-order valence-electron chi connectivity index (χ2n) is 2.60. The number of nitrogens with zero attached hydrogens (tertiary/aromatic N) is 1. The largest absolute Gasteiger partial charge is 0.496 e. The summed E-state index contributed by atoms with van der Waals surface area (Å²) < 4.78 is 30.6.